The molecule has 2 aromatic rings. The molecular formula is C21H24N2O4. The Balaban J connectivity index is 1.95. The molecule has 142 valence electrons. The summed E-state index contributed by atoms with van der Waals surface area (Å²) in [5.74, 6) is -2.29. The van der Waals surface area contributed by atoms with Gasteiger partial charge in [0.25, 0.3) is 11.5 Å². The number of carboxylic acid groups (broad SMARTS) is 1. The van der Waals surface area contributed by atoms with Crippen LogP contribution >= 0.6 is 0 Å². The van der Waals surface area contributed by atoms with Crippen LogP contribution in [0.4, 0.5) is 0 Å². The Kier molecular flexibility index (Phi) is 5.17. The van der Waals surface area contributed by atoms with Gasteiger partial charge in [0, 0.05) is 31.7 Å². The number of pyridine rings is 1. The maximum atomic E-state index is 13.0. The van der Waals surface area contributed by atoms with E-state index in [4.69, 9.17) is 0 Å². The van der Waals surface area contributed by atoms with Gasteiger partial charge in [0.05, 0.1) is 5.92 Å². The van der Waals surface area contributed by atoms with Crippen LogP contribution in [0.25, 0.3) is 0 Å². The lowest BCUT2D eigenvalue weighted by Gasteiger charge is -2.18. The lowest BCUT2D eigenvalue weighted by atomic mass is 9.89. The third-order valence-electron chi connectivity index (χ3n) is 5.47. The van der Waals surface area contributed by atoms with Gasteiger partial charge in [-0.05, 0) is 30.5 Å². The normalized spacial score (nSPS) is 19.3. The lowest BCUT2D eigenvalue weighted by molar-refractivity contribution is -0.141. The van der Waals surface area contributed by atoms with Crippen LogP contribution in [0, 0.1) is 12.8 Å². The van der Waals surface area contributed by atoms with Crippen molar-refractivity contribution in [2.24, 2.45) is 13.0 Å². The van der Waals surface area contributed by atoms with Gasteiger partial charge in [-0.15, -0.1) is 0 Å². The summed E-state index contributed by atoms with van der Waals surface area (Å²) >= 11 is 0. The number of aromatic nitrogens is 1. The molecule has 1 N–H and O–H groups in total. The number of likely N-dealkylation sites (tertiary alicyclic amines) is 1. The molecule has 1 aliphatic heterocycles. The van der Waals surface area contributed by atoms with Crippen molar-refractivity contribution in [3.05, 3.63) is 69.1 Å². The summed E-state index contributed by atoms with van der Waals surface area (Å²) in [6, 6.07) is 11.0. The maximum Gasteiger partial charge on any atom is 0.308 e. The average Bonchev–Trinajstić information content (AvgIpc) is 3.11. The largest absolute Gasteiger partial charge is 0.481 e. The predicted octanol–water partition coefficient (Wildman–Crippen LogP) is 2.20. The van der Waals surface area contributed by atoms with Crippen molar-refractivity contribution in [1.29, 1.82) is 0 Å². The smallest absolute Gasteiger partial charge is 0.308 e. The van der Waals surface area contributed by atoms with Gasteiger partial charge in [-0.2, -0.15) is 0 Å². The van der Waals surface area contributed by atoms with Gasteiger partial charge in [-0.1, -0.05) is 37.3 Å². The molecule has 3 rings (SSSR count). The van der Waals surface area contributed by atoms with E-state index in [2.05, 4.69) is 0 Å². The van der Waals surface area contributed by atoms with Crippen molar-refractivity contribution < 1.29 is 14.7 Å². The molecular weight excluding hydrogens is 344 g/mol. The molecule has 1 aromatic heterocycles. The van der Waals surface area contributed by atoms with E-state index in [0.717, 1.165) is 16.8 Å². The van der Waals surface area contributed by atoms with E-state index >= 15 is 0 Å². The first-order valence-electron chi connectivity index (χ1n) is 9.11. The van der Waals surface area contributed by atoms with E-state index in [1.807, 2.05) is 44.2 Å². The van der Waals surface area contributed by atoms with Crippen molar-refractivity contribution in [2.45, 2.75) is 26.2 Å². The van der Waals surface area contributed by atoms with Gasteiger partial charge < -0.3 is 14.6 Å². The van der Waals surface area contributed by atoms with E-state index in [9.17, 15) is 19.5 Å². The second kappa shape index (κ2) is 7.39. The number of hydrogen-bond acceptors (Lipinski definition) is 3. The summed E-state index contributed by atoms with van der Waals surface area (Å²) in [5, 5.41) is 9.62. The number of carbonyl (C=O) groups excluding carboxylic acids is 1. The number of benzene rings is 1. The quantitative estimate of drug-likeness (QED) is 0.897. The molecule has 1 fully saturated rings. The Hall–Kier alpha value is -2.89. The first kappa shape index (κ1) is 18.9. The van der Waals surface area contributed by atoms with E-state index < -0.39 is 17.8 Å². The van der Waals surface area contributed by atoms with Crippen LogP contribution in [0.15, 0.2) is 41.2 Å². The Morgan fingerprint density at radius 2 is 1.85 bits per heavy atom. The molecule has 1 aliphatic rings. The van der Waals surface area contributed by atoms with E-state index in [-0.39, 0.29) is 30.1 Å². The Bertz CT molecular complexity index is 933. The van der Waals surface area contributed by atoms with Gasteiger partial charge in [-0.25, -0.2) is 0 Å². The second-order valence-electron chi connectivity index (χ2n) is 7.08. The maximum absolute atomic E-state index is 13.0. The highest BCUT2D eigenvalue weighted by molar-refractivity contribution is 5.95. The Morgan fingerprint density at radius 3 is 2.44 bits per heavy atom. The number of aliphatic carboxylic acids is 1. The van der Waals surface area contributed by atoms with Crippen molar-refractivity contribution in [2.75, 3.05) is 13.1 Å². The SMILES string of the molecule is CCc1c(C)cc(C(=O)N2C[C@H](C(=O)O)[C@@H](c3ccccc3)C2)c(=O)n1C. The zero-order chi connectivity index (χ0) is 19.7. The van der Waals surface area contributed by atoms with Crippen LogP contribution in [0.5, 0.6) is 0 Å². The van der Waals surface area contributed by atoms with Gasteiger partial charge >= 0.3 is 5.97 Å². The summed E-state index contributed by atoms with van der Waals surface area (Å²) in [6.45, 7) is 4.24. The Labute approximate surface area is 158 Å². The number of aryl methyl sites for hydroxylation is 1. The molecule has 2 heterocycles. The standard InChI is InChI=1S/C21H24N2O4/c1-4-18-13(2)10-15(19(24)22(18)3)20(25)23-11-16(17(12-23)21(26)27)14-8-6-5-7-9-14/h5-10,16-17H,4,11-12H2,1-3H3,(H,26,27)/t16-,17+/m1/s1. The van der Waals surface area contributed by atoms with Crippen LogP contribution < -0.4 is 5.56 Å². The van der Waals surface area contributed by atoms with Crippen LogP contribution in [0.2, 0.25) is 0 Å². The minimum Gasteiger partial charge on any atom is -0.481 e. The van der Waals surface area contributed by atoms with E-state index in [1.165, 1.54) is 9.47 Å². The molecule has 0 unspecified atom stereocenters. The summed E-state index contributed by atoms with van der Waals surface area (Å²) in [5.41, 5.74) is 2.44. The van der Waals surface area contributed by atoms with Crippen molar-refractivity contribution in [3.63, 3.8) is 0 Å². The lowest BCUT2D eigenvalue weighted by Crippen LogP contribution is -2.36. The van der Waals surface area contributed by atoms with Crippen molar-refractivity contribution in [1.82, 2.24) is 9.47 Å². The minimum atomic E-state index is -0.926. The topological polar surface area (TPSA) is 79.6 Å². The van der Waals surface area contributed by atoms with Crippen molar-refractivity contribution in [3.8, 4) is 0 Å². The van der Waals surface area contributed by atoms with Crippen LogP contribution in [0.1, 0.15) is 40.0 Å². The number of carbonyl (C=O) groups is 2. The molecule has 0 aliphatic carbocycles. The third-order valence-corrected chi connectivity index (χ3v) is 5.47. The highest BCUT2D eigenvalue weighted by Gasteiger charge is 2.41. The fraction of sp³-hybridized carbons (Fsp3) is 0.381. The minimum absolute atomic E-state index is 0.102. The fourth-order valence-corrected chi connectivity index (χ4v) is 4.03. The zero-order valence-electron chi connectivity index (χ0n) is 15.8. The van der Waals surface area contributed by atoms with E-state index in [0.29, 0.717) is 6.42 Å². The highest BCUT2D eigenvalue weighted by Crippen LogP contribution is 2.33. The molecule has 0 radical (unpaired) electrons. The molecule has 0 spiro atoms. The van der Waals surface area contributed by atoms with Crippen LogP contribution in [-0.2, 0) is 18.3 Å². The molecule has 1 saturated heterocycles. The van der Waals surface area contributed by atoms with Gasteiger partial charge in [0.2, 0.25) is 0 Å². The Morgan fingerprint density at radius 1 is 1.19 bits per heavy atom. The fourth-order valence-electron chi connectivity index (χ4n) is 4.03. The summed E-state index contributed by atoms with van der Waals surface area (Å²) in [7, 11) is 1.67. The van der Waals surface area contributed by atoms with Crippen molar-refractivity contribution >= 4 is 11.9 Å². The van der Waals surface area contributed by atoms with Gasteiger partial charge in [0.15, 0.2) is 0 Å². The molecule has 1 aromatic carbocycles. The number of nitrogens with zero attached hydrogens (tertiary/aromatic N) is 2. The first-order valence-corrected chi connectivity index (χ1v) is 9.11. The average molecular weight is 368 g/mol. The molecule has 1 amide bonds. The van der Waals surface area contributed by atoms with Crippen LogP contribution in [-0.4, -0.2) is 39.5 Å². The van der Waals surface area contributed by atoms with Gasteiger partial charge in [0.1, 0.15) is 5.56 Å². The zero-order valence-corrected chi connectivity index (χ0v) is 15.8. The van der Waals surface area contributed by atoms with Crippen LogP contribution in [0.3, 0.4) is 0 Å². The summed E-state index contributed by atoms with van der Waals surface area (Å²) in [6.07, 6.45) is 0.701. The molecule has 0 saturated carbocycles. The predicted molar refractivity (Wildman–Crippen MR) is 102 cm³/mol. The third kappa shape index (κ3) is 3.39. The molecule has 6 nitrogen and oxygen atoms in total. The molecule has 2 atom stereocenters. The number of hydrogen-bond donors (Lipinski definition) is 1. The summed E-state index contributed by atoms with van der Waals surface area (Å²) < 4.78 is 1.52. The first-order chi connectivity index (χ1) is 12.8. The highest BCUT2D eigenvalue weighted by atomic mass is 16.4. The number of carboxylic acids is 1. The molecule has 27 heavy (non-hydrogen) atoms. The second-order valence-corrected chi connectivity index (χ2v) is 7.08. The summed E-state index contributed by atoms with van der Waals surface area (Å²) in [4.78, 5) is 38.9. The molecule has 6 heteroatoms. The number of rotatable bonds is 4. The number of amides is 1. The monoisotopic (exact) mass is 368 g/mol. The van der Waals surface area contributed by atoms with Gasteiger partial charge in [-0.3, -0.25) is 14.4 Å². The van der Waals surface area contributed by atoms with E-state index in [1.54, 1.807) is 13.1 Å². The molecule has 0 bridgehead atoms.